The second-order valence-corrected chi connectivity index (χ2v) is 17.6. The van der Waals surface area contributed by atoms with E-state index in [9.17, 15) is 0 Å². The van der Waals surface area contributed by atoms with E-state index >= 15 is 0 Å². The Bertz CT molecular complexity index is 4280. The normalized spacial score (nSPS) is 11.8. The molecule has 4 heterocycles. The lowest BCUT2D eigenvalue weighted by Crippen LogP contribution is -2.01. The summed E-state index contributed by atoms with van der Waals surface area (Å²) in [5.74, 6) is 1.77. The van der Waals surface area contributed by atoms with Crippen molar-refractivity contribution in [2.45, 2.75) is 0 Å². The van der Waals surface area contributed by atoms with Crippen LogP contribution < -0.4 is 0 Å². The third-order valence-corrected chi connectivity index (χ3v) is 13.6. The predicted octanol–water partition coefficient (Wildman–Crippen LogP) is 16.3. The molecule has 14 rings (SSSR count). The first-order valence-corrected chi connectivity index (χ1v) is 23.3. The summed E-state index contributed by atoms with van der Waals surface area (Å²) >= 11 is 0. The zero-order valence-corrected chi connectivity index (χ0v) is 37.2. The molecule has 0 N–H and O–H groups in total. The van der Waals surface area contributed by atoms with Crippen molar-refractivity contribution in [3.8, 4) is 67.8 Å². The number of benzene rings is 10. The second kappa shape index (κ2) is 15.6. The topological polar surface area (TPSA) is 61.7 Å². The minimum Gasteiger partial charge on any atom is -0.456 e. The number of para-hydroxylation sites is 3. The maximum atomic E-state index is 6.49. The number of fused-ring (bicyclic) bond motifs is 9. The van der Waals surface area contributed by atoms with Gasteiger partial charge in [-0.3, -0.25) is 0 Å². The Morgan fingerprint density at radius 1 is 0.275 bits per heavy atom. The van der Waals surface area contributed by atoms with Gasteiger partial charge in [0.1, 0.15) is 11.2 Å². The van der Waals surface area contributed by atoms with Crippen molar-refractivity contribution in [1.29, 1.82) is 0 Å². The fraction of sp³-hybridized carbons (Fsp3) is 0. The molecule has 6 heteroatoms. The van der Waals surface area contributed by atoms with Gasteiger partial charge in [-0.2, -0.15) is 0 Å². The molecule has 0 aliphatic rings. The van der Waals surface area contributed by atoms with Crippen molar-refractivity contribution in [2.24, 2.45) is 0 Å². The number of rotatable bonds is 7. The minimum absolute atomic E-state index is 0.574. The highest BCUT2D eigenvalue weighted by molar-refractivity contribution is 6.15. The molecule has 0 aliphatic heterocycles. The molecular formula is C63H39N5O. The van der Waals surface area contributed by atoms with Crippen molar-refractivity contribution in [3.63, 3.8) is 0 Å². The summed E-state index contributed by atoms with van der Waals surface area (Å²) in [7, 11) is 0. The number of aromatic nitrogens is 5. The number of furan rings is 1. The molecule has 322 valence electrons. The molecule has 0 unspecified atom stereocenters. The highest BCUT2D eigenvalue weighted by atomic mass is 16.3. The molecule has 10 aromatic carbocycles. The lowest BCUT2D eigenvalue weighted by molar-refractivity contribution is 0.669. The van der Waals surface area contributed by atoms with Gasteiger partial charge in [-0.1, -0.05) is 164 Å². The fourth-order valence-electron chi connectivity index (χ4n) is 10.3. The SMILES string of the molecule is c1ccc(-c2ccc(-n3c4ccccc4c4cccc(-n5c6ccccc6c6cc(-c7nc(-c8ccccc8)nc(-c8ccc9c(c8)oc8ccc(-c%10ccccc%10)cc89)n7)ccc65)c43)cc2)cc1. The van der Waals surface area contributed by atoms with Gasteiger partial charge < -0.3 is 13.6 Å². The van der Waals surface area contributed by atoms with E-state index in [0.717, 1.165) is 88.4 Å². The van der Waals surface area contributed by atoms with Gasteiger partial charge in [0, 0.05) is 54.7 Å². The summed E-state index contributed by atoms with van der Waals surface area (Å²) < 4.78 is 11.3. The van der Waals surface area contributed by atoms with Crippen molar-refractivity contribution >= 4 is 65.6 Å². The first-order valence-electron chi connectivity index (χ1n) is 23.3. The van der Waals surface area contributed by atoms with E-state index in [1.807, 2.05) is 36.4 Å². The zero-order chi connectivity index (χ0) is 45.4. The molecule has 14 aromatic rings. The third-order valence-electron chi connectivity index (χ3n) is 13.6. The Morgan fingerprint density at radius 2 is 0.768 bits per heavy atom. The van der Waals surface area contributed by atoms with Crippen molar-refractivity contribution < 1.29 is 4.42 Å². The van der Waals surface area contributed by atoms with Crippen LogP contribution in [0.3, 0.4) is 0 Å². The summed E-state index contributed by atoms with van der Waals surface area (Å²) in [6.07, 6.45) is 0. The van der Waals surface area contributed by atoms with Crippen LogP contribution in [0.2, 0.25) is 0 Å². The van der Waals surface area contributed by atoms with Gasteiger partial charge in [0.15, 0.2) is 17.5 Å². The maximum Gasteiger partial charge on any atom is 0.164 e. The van der Waals surface area contributed by atoms with Gasteiger partial charge in [-0.05, 0) is 95.1 Å². The summed E-state index contributed by atoms with van der Waals surface area (Å²) in [4.78, 5) is 15.5. The average molecular weight is 882 g/mol. The molecular weight excluding hydrogens is 843 g/mol. The lowest BCUT2D eigenvalue weighted by atomic mass is 10.0. The van der Waals surface area contributed by atoms with E-state index in [-0.39, 0.29) is 0 Å². The van der Waals surface area contributed by atoms with Crippen LogP contribution in [-0.2, 0) is 0 Å². The Labute approximate surface area is 396 Å². The molecule has 69 heavy (non-hydrogen) atoms. The smallest absolute Gasteiger partial charge is 0.164 e. The lowest BCUT2D eigenvalue weighted by Gasteiger charge is -2.15. The van der Waals surface area contributed by atoms with Crippen LogP contribution in [0.1, 0.15) is 0 Å². The van der Waals surface area contributed by atoms with E-state index in [0.29, 0.717) is 17.5 Å². The zero-order valence-electron chi connectivity index (χ0n) is 37.2. The second-order valence-electron chi connectivity index (χ2n) is 17.6. The van der Waals surface area contributed by atoms with Gasteiger partial charge in [0.25, 0.3) is 0 Å². The highest BCUT2D eigenvalue weighted by Crippen LogP contribution is 2.41. The minimum atomic E-state index is 0.574. The number of nitrogens with zero attached hydrogens (tertiary/aromatic N) is 5. The molecule has 0 aliphatic carbocycles. The molecule has 0 atom stereocenters. The molecule has 0 bridgehead atoms. The summed E-state index contributed by atoms with van der Waals surface area (Å²) in [6, 6.07) is 83.4. The first-order chi connectivity index (χ1) is 34.2. The van der Waals surface area contributed by atoms with Gasteiger partial charge in [0.2, 0.25) is 0 Å². The van der Waals surface area contributed by atoms with E-state index in [2.05, 4.69) is 209 Å². The van der Waals surface area contributed by atoms with Crippen molar-refractivity contribution in [1.82, 2.24) is 24.1 Å². The summed E-state index contributed by atoms with van der Waals surface area (Å²) in [6.45, 7) is 0. The van der Waals surface area contributed by atoms with Crippen LogP contribution in [0, 0.1) is 0 Å². The average Bonchev–Trinajstić information content (AvgIpc) is 4.08. The Morgan fingerprint density at radius 3 is 1.48 bits per heavy atom. The summed E-state index contributed by atoms with van der Waals surface area (Å²) in [5, 5.41) is 6.77. The van der Waals surface area contributed by atoms with Gasteiger partial charge >= 0.3 is 0 Å². The fourth-order valence-corrected chi connectivity index (χ4v) is 10.3. The molecule has 0 saturated heterocycles. The van der Waals surface area contributed by atoms with Crippen molar-refractivity contribution in [3.05, 3.63) is 237 Å². The molecule has 0 radical (unpaired) electrons. The van der Waals surface area contributed by atoms with Crippen LogP contribution in [0.25, 0.3) is 133 Å². The van der Waals surface area contributed by atoms with Gasteiger partial charge in [-0.25, -0.2) is 15.0 Å². The van der Waals surface area contributed by atoms with Crippen LogP contribution >= 0.6 is 0 Å². The predicted molar refractivity (Wildman–Crippen MR) is 283 cm³/mol. The monoisotopic (exact) mass is 881 g/mol. The van der Waals surface area contributed by atoms with E-state index in [4.69, 9.17) is 19.4 Å². The van der Waals surface area contributed by atoms with Gasteiger partial charge in [-0.15, -0.1) is 0 Å². The molecule has 0 amide bonds. The molecule has 0 spiro atoms. The van der Waals surface area contributed by atoms with Crippen LogP contribution in [0.4, 0.5) is 0 Å². The summed E-state index contributed by atoms with van der Waals surface area (Å²) in [5.41, 5.74) is 15.7. The van der Waals surface area contributed by atoms with Crippen LogP contribution in [0.5, 0.6) is 0 Å². The Hall–Kier alpha value is -9.39. The largest absolute Gasteiger partial charge is 0.456 e. The standard InChI is InChI=1S/C63H39N5O/c1-4-15-40(16-5-1)42-27-32-47(33-28-42)67-54-24-12-10-21-48(54)51-23-14-26-57(60(51)67)68-55-25-13-11-22-49(55)52-38-45(30-35-56(52)68)62-64-61(43-19-8-3-9-20-43)65-63(66-62)46-29-34-50-53-37-44(41-17-6-2-7-18-41)31-36-58(53)69-59(50)39-46/h1-39H. The van der Waals surface area contributed by atoms with Crippen molar-refractivity contribution in [2.75, 3.05) is 0 Å². The van der Waals surface area contributed by atoms with E-state index in [1.54, 1.807) is 0 Å². The number of hydrogen-bond donors (Lipinski definition) is 0. The van der Waals surface area contributed by atoms with Gasteiger partial charge in [0.05, 0.1) is 27.8 Å². The molecule has 0 saturated carbocycles. The molecule has 4 aromatic heterocycles. The van der Waals surface area contributed by atoms with E-state index in [1.165, 1.54) is 27.5 Å². The molecule has 6 nitrogen and oxygen atoms in total. The quantitative estimate of drug-likeness (QED) is 0.160. The number of hydrogen-bond acceptors (Lipinski definition) is 4. The van der Waals surface area contributed by atoms with E-state index < -0.39 is 0 Å². The Balaban J connectivity index is 0.928. The van der Waals surface area contributed by atoms with Crippen LogP contribution in [-0.4, -0.2) is 24.1 Å². The third kappa shape index (κ3) is 6.38. The van der Waals surface area contributed by atoms with Crippen LogP contribution in [0.15, 0.2) is 241 Å². The maximum absolute atomic E-state index is 6.49. The molecule has 0 fully saturated rings. The first kappa shape index (κ1) is 38.8. The Kier molecular flexibility index (Phi) is 8.79. The highest BCUT2D eigenvalue weighted by Gasteiger charge is 2.22.